The van der Waals surface area contributed by atoms with Crippen molar-refractivity contribution in [3.63, 3.8) is 0 Å². The Labute approximate surface area is 219 Å². The molecule has 38 heavy (non-hydrogen) atoms. The Bertz CT molecular complexity index is 1460. The molecule has 0 spiro atoms. The molecule has 1 fully saturated rings. The second kappa shape index (κ2) is 9.91. The molecule has 2 heterocycles. The Hall–Kier alpha value is -3.64. The minimum atomic E-state index is -4.87. The summed E-state index contributed by atoms with van der Waals surface area (Å²) in [7, 11) is 1.53. The lowest BCUT2D eigenvalue weighted by Crippen LogP contribution is -2.44. The number of alkyl halides is 3. The summed E-state index contributed by atoms with van der Waals surface area (Å²) in [5.41, 5.74) is -0.0844. The summed E-state index contributed by atoms with van der Waals surface area (Å²) in [6.45, 7) is 0.166. The fourth-order valence-electron chi connectivity index (χ4n) is 4.88. The first-order chi connectivity index (χ1) is 18.0. The summed E-state index contributed by atoms with van der Waals surface area (Å²) < 4.78 is 50.7. The lowest BCUT2D eigenvalue weighted by Gasteiger charge is -2.27. The molecule has 3 N–H and O–H groups in total. The molecule has 2 aromatic carbocycles. The fourth-order valence-corrected chi connectivity index (χ4v) is 5.01. The lowest BCUT2D eigenvalue weighted by atomic mass is 10.2. The zero-order valence-corrected chi connectivity index (χ0v) is 20.9. The molecule has 0 bridgehead atoms. The average molecular weight is 554 g/mol. The van der Waals surface area contributed by atoms with Crippen molar-refractivity contribution < 1.29 is 27.8 Å². The number of hydrogen-bond donors (Lipinski definition) is 1. The van der Waals surface area contributed by atoms with Gasteiger partial charge in [0.05, 0.1) is 0 Å². The van der Waals surface area contributed by atoms with Gasteiger partial charge in [-0.15, -0.1) is 13.2 Å². The molecule has 5 rings (SSSR count). The highest BCUT2D eigenvalue weighted by Crippen LogP contribution is 2.35. The minimum Gasteiger partial charge on any atom is -0.452 e. The first-order valence-corrected chi connectivity index (χ1v) is 12.2. The molecule has 13 heteroatoms. The number of nitrogens with zero attached hydrogens (tertiary/aromatic N) is 3. The third-order valence-corrected chi connectivity index (χ3v) is 6.88. The van der Waals surface area contributed by atoms with E-state index in [-0.39, 0.29) is 29.9 Å². The Morgan fingerprint density at radius 3 is 2.47 bits per heavy atom. The molecule has 0 saturated heterocycles. The van der Waals surface area contributed by atoms with Gasteiger partial charge >= 0.3 is 12.1 Å². The van der Waals surface area contributed by atoms with Gasteiger partial charge in [-0.2, -0.15) is 0 Å². The maximum atomic E-state index is 13.8. The van der Waals surface area contributed by atoms with Crippen LogP contribution in [0.5, 0.6) is 11.5 Å². The molecule has 1 saturated carbocycles. The zero-order valence-electron chi connectivity index (χ0n) is 20.2. The first kappa shape index (κ1) is 26.0. The Morgan fingerprint density at radius 2 is 1.82 bits per heavy atom. The second-order valence-corrected chi connectivity index (χ2v) is 9.71. The van der Waals surface area contributed by atoms with Crippen LogP contribution in [0.25, 0.3) is 0 Å². The summed E-state index contributed by atoms with van der Waals surface area (Å²) in [4.78, 5) is 28.6. The molecule has 3 aromatic rings. The van der Waals surface area contributed by atoms with Gasteiger partial charge in [-0.1, -0.05) is 29.8 Å². The quantitative estimate of drug-likeness (QED) is 0.467. The van der Waals surface area contributed by atoms with Crippen LogP contribution in [0.15, 0.2) is 58.1 Å². The number of halogens is 4. The van der Waals surface area contributed by atoms with Crippen molar-refractivity contribution in [2.45, 2.75) is 50.7 Å². The zero-order chi connectivity index (χ0) is 27.2. The maximum absolute atomic E-state index is 13.8. The SMILES string of the molecule is Cn1c2c(c(=O)n(C3CCC([OH2+])C3)c1=O)N(Cc1ccc(Cl)cc1)C(Oc1cccc(OC(F)(F)F)c1)N2. The van der Waals surface area contributed by atoms with Gasteiger partial charge < -0.3 is 24.8 Å². The molecule has 1 aromatic heterocycles. The Morgan fingerprint density at radius 1 is 1.11 bits per heavy atom. The topological polar surface area (TPSA) is 101 Å². The average Bonchev–Trinajstić information content (AvgIpc) is 3.42. The highest BCUT2D eigenvalue weighted by atomic mass is 35.5. The molecule has 3 atom stereocenters. The van der Waals surface area contributed by atoms with E-state index in [0.29, 0.717) is 24.3 Å². The standard InChI is InChI=1S/C25H24ClF3N4O5/c1-31-21-20(22(35)33(24(31)36)16-9-10-17(34)11-16)32(13-14-5-7-15(26)8-6-14)23(30-21)37-18-3-2-4-19(12-18)38-25(27,28)29/h2-8,12,16-17,23,30,34H,9-11,13H2,1H3/p+1. The fraction of sp³-hybridized carbons (Fsp3) is 0.360. The van der Waals surface area contributed by atoms with Crippen molar-refractivity contribution in [3.05, 3.63) is 80.0 Å². The predicted octanol–water partition coefficient (Wildman–Crippen LogP) is 3.71. The predicted molar refractivity (Wildman–Crippen MR) is 135 cm³/mol. The van der Waals surface area contributed by atoms with E-state index in [0.717, 1.165) is 17.7 Å². The van der Waals surface area contributed by atoms with E-state index >= 15 is 0 Å². The number of nitrogens with one attached hydrogen (secondary N) is 1. The molecule has 0 amide bonds. The van der Waals surface area contributed by atoms with E-state index in [1.165, 1.54) is 28.3 Å². The number of anilines is 2. The molecule has 2 aliphatic rings. The number of aromatic nitrogens is 2. The normalized spacial score (nSPS) is 20.8. The molecule has 202 valence electrons. The second-order valence-electron chi connectivity index (χ2n) is 9.27. The molecular weight excluding hydrogens is 529 g/mol. The summed E-state index contributed by atoms with van der Waals surface area (Å²) in [5.74, 6) is -0.189. The van der Waals surface area contributed by atoms with Crippen LogP contribution in [0.3, 0.4) is 0 Å². The Balaban J connectivity index is 1.55. The first-order valence-electron chi connectivity index (χ1n) is 11.9. The number of hydrogen-bond acceptors (Lipinski definition) is 6. The van der Waals surface area contributed by atoms with Crippen LogP contribution in [0, 0.1) is 0 Å². The van der Waals surface area contributed by atoms with E-state index in [9.17, 15) is 22.8 Å². The van der Waals surface area contributed by atoms with Crippen LogP contribution >= 0.6 is 11.6 Å². The van der Waals surface area contributed by atoms with Crippen molar-refractivity contribution in [1.29, 1.82) is 0 Å². The number of fused-ring (bicyclic) bond motifs is 1. The summed E-state index contributed by atoms with van der Waals surface area (Å²) >= 11 is 6.03. The number of benzene rings is 2. The van der Waals surface area contributed by atoms with Gasteiger partial charge in [0, 0.05) is 43.6 Å². The third kappa shape index (κ3) is 5.18. The Kier molecular flexibility index (Phi) is 6.78. The van der Waals surface area contributed by atoms with Gasteiger partial charge in [-0.3, -0.25) is 13.9 Å². The van der Waals surface area contributed by atoms with Gasteiger partial charge in [0.1, 0.15) is 23.0 Å². The monoisotopic (exact) mass is 553 g/mol. The van der Waals surface area contributed by atoms with Crippen molar-refractivity contribution >= 4 is 23.1 Å². The van der Waals surface area contributed by atoms with Crippen LogP contribution in [0.2, 0.25) is 5.02 Å². The summed E-state index contributed by atoms with van der Waals surface area (Å²) in [6.07, 6.45) is -4.74. The van der Waals surface area contributed by atoms with Gasteiger partial charge in [0.25, 0.3) is 11.9 Å². The highest BCUT2D eigenvalue weighted by molar-refractivity contribution is 6.30. The van der Waals surface area contributed by atoms with Gasteiger partial charge in [0.15, 0.2) is 6.10 Å². The van der Waals surface area contributed by atoms with Crippen molar-refractivity contribution in [2.24, 2.45) is 7.05 Å². The molecular formula is C25H25ClF3N4O5+. The largest absolute Gasteiger partial charge is 0.573 e. The van der Waals surface area contributed by atoms with Gasteiger partial charge in [-0.25, -0.2) is 4.79 Å². The van der Waals surface area contributed by atoms with E-state index < -0.39 is 35.8 Å². The van der Waals surface area contributed by atoms with Crippen LogP contribution < -0.4 is 30.9 Å². The van der Waals surface area contributed by atoms with Crippen molar-refractivity contribution in [3.8, 4) is 11.5 Å². The van der Waals surface area contributed by atoms with E-state index in [4.69, 9.17) is 21.4 Å². The molecule has 1 aliphatic heterocycles. The van der Waals surface area contributed by atoms with Crippen LogP contribution in [-0.2, 0) is 13.6 Å². The van der Waals surface area contributed by atoms with Gasteiger partial charge in [-0.05, 0) is 36.2 Å². The van der Waals surface area contributed by atoms with E-state index in [1.54, 1.807) is 29.2 Å². The number of ether oxygens (including phenoxy) is 2. The summed E-state index contributed by atoms with van der Waals surface area (Å²) in [6, 6.07) is 11.6. The van der Waals surface area contributed by atoms with Crippen LogP contribution in [-0.4, -0.2) is 33.1 Å². The molecule has 0 radical (unpaired) electrons. The number of rotatable bonds is 6. The van der Waals surface area contributed by atoms with E-state index in [2.05, 4.69) is 10.1 Å². The minimum absolute atomic E-state index is 0.0522. The maximum Gasteiger partial charge on any atom is 0.573 e. The summed E-state index contributed by atoms with van der Waals surface area (Å²) in [5, 5.41) is 11.6. The smallest absolute Gasteiger partial charge is 0.452 e. The van der Waals surface area contributed by atoms with E-state index in [1.807, 2.05) is 0 Å². The van der Waals surface area contributed by atoms with Crippen LogP contribution in [0.4, 0.5) is 24.7 Å². The molecule has 9 nitrogen and oxygen atoms in total. The van der Waals surface area contributed by atoms with Crippen molar-refractivity contribution in [1.82, 2.24) is 9.13 Å². The van der Waals surface area contributed by atoms with Gasteiger partial charge in [0.2, 0.25) is 0 Å². The molecule has 1 aliphatic carbocycles. The van der Waals surface area contributed by atoms with Crippen LogP contribution in [0.1, 0.15) is 30.9 Å². The molecule has 3 unspecified atom stereocenters. The highest BCUT2D eigenvalue weighted by Gasteiger charge is 2.39. The third-order valence-electron chi connectivity index (χ3n) is 6.63. The lowest BCUT2D eigenvalue weighted by molar-refractivity contribution is -0.274. The van der Waals surface area contributed by atoms with Crippen molar-refractivity contribution in [2.75, 3.05) is 10.2 Å².